The summed E-state index contributed by atoms with van der Waals surface area (Å²) in [5.41, 5.74) is 8.56. The van der Waals surface area contributed by atoms with Crippen molar-refractivity contribution in [1.29, 1.82) is 0 Å². The number of ether oxygens (including phenoxy) is 1. The number of hydrogen-bond donors (Lipinski definition) is 1. The molecule has 0 aliphatic heterocycles. The Labute approximate surface area is 119 Å². The van der Waals surface area contributed by atoms with Crippen LogP contribution >= 0.6 is 11.6 Å². The maximum absolute atomic E-state index is 6.07. The second kappa shape index (κ2) is 6.60. The molecule has 0 aliphatic rings. The summed E-state index contributed by atoms with van der Waals surface area (Å²) in [7, 11) is 0. The minimum Gasteiger partial charge on any atom is -0.492 e. The fourth-order valence-corrected chi connectivity index (χ4v) is 2.03. The third kappa shape index (κ3) is 4.58. The van der Waals surface area contributed by atoms with Crippen LogP contribution in [-0.2, 0) is 6.42 Å². The van der Waals surface area contributed by atoms with Gasteiger partial charge in [0.25, 0.3) is 0 Å². The average Bonchev–Trinajstić information content (AvgIpc) is 2.39. The van der Waals surface area contributed by atoms with E-state index in [-0.39, 0.29) is 6.04 Å². The lowest BCUT2D eigenvalue weighted by molar-refractivity contribution is 0.287. The summed E-state index contributed by atoms with van der Waals surface area (Å²) in [5, 5.41) is 0.671. The van der Waals surface area contributed by atoms with Gasteiger partial charge in [0.15, 0.2) is 0 Å². The van der Waals surface area contributed by atoms with Gasteiger partial charge in [0.1, 0.15) is 12.4 Å². The van der Waals surface area contributed by atoms with E-state index in [2.05, 4.69) is 31.2 Å². The lowest BCUT2D eigenvalue weighted by Gasteiger charge is -2.13. The van der Waals surface area contributed by atoms with Crippen molar-refractivity contribution in [3.63, 3.8) is 0 Å². The maximum Gasteiger partial charge on any atom is 0.120 e. The van der Waals surface area contributed by atoms with Crippen molar-refractivity contribution in [3.05, 3.63) is 64.7 Å². The molecular formula is C16H18ClNO. The SMILES string of the molecule is Cc1ccc(CC(N)COc2cccc(Cl)c2)cc1. The number of benzene rings is 2. The quantitative estimate of drug-likeness (QED) is 0.905. The summed E-state index contributed by atoms with van der Waals surface area (Å²) in [4.78, 5) is 0. The Morgan fingerprint density at radius 1 is 1.16 bits per heavy atom. The molecule has 0 heterocycles. The second-order valence-electron chi connectivity index (χ2n) is 4.72. The van der Waals surface area contributed by atoms with Crippen LogP contribution < -0.4 is 10.5 Å². The molecule has 0 radical (unpaired) electrons. The van der Waals surface area contributed by atoms with Gasteiger partial charge in [-0.3, -0.25) is 0 Å². The van der Waals surface area contributed by atoms with Crippen LogP contribution in [0.4, 0.5) is 0 Å². The van der Waals surface area contributed by atoms with Crippen LogP contribution in [0, 0.1) is 6.92 Å². The fraction of sp³-hybridized carbons (Fsp3) is 0.250. The third-order valence-electron chi connectivity index (χ3n) is 2.88. The van der Waals surface area contributed by atoms with Crippen molar-refractivity contribution >= 4 is 11.6 Å². The molecule has 19 heavy (non-hydrogen) atoms. The molecule has 0 bridgehead atoms. The second-order valence-corrected chi connectivity index (χ2v) is 5.15. The number of hydrogen-bond acceptors (Lipinski definition) is 2. The standard InChI is InChI=1S/C16H18ClNO/c1-12-5-7-13(8-6-12)9-15(18)11-19-16-4-2-3-14(17)10-16/h2-8,10,15H,9,11,18H2,1H3. The summed E-state index contributed by atoms with van der Waals surface area (Å²) in [6.07, 6.45) is 0.806. The number of nitrogens with two attached hydrogens (primary N) is 1. The molecule has 2 nitrogen and oxygen atoms in total. The van der Waals surface area contributed by atoms with Crippen LogP contribution in [0.2, 0.25) is 5.02 Å². The molecule has 1 atom stereocenters. The van der Waals surface area contributed by atoms with Gasteiger partial charge >= 0.3 is 0 Å². The van der Waals surface area contributed by atoms with Gasteiger partial charge in [-0.2, -0.15) is 0 Å². The molecule has 0 fully saturated rings. The van der Waals surface area contributed by atoms with Crippen LogP contribution in [0.25, 0.3) is 0 Å². The van der Waals surface area contributed by atoms with Crippen LogP contribution in [-0.4, -0.2) is 12.6 Å². The van der Waals surface area contributed by atoms with E-state index >= 15 is 0 Å². The van der Waals surface area contributed by atoms with Gasteiger partial charge < -0.3 is 10.5 Å². The van der Waals surface area contributed by atoms with E-state index in [1.165, 1.54) is 11.1 Å². The van der Waals surface area contributed by atoms with Gasteiger partial charge in [0.2, 0.25) is 0 Å². The zero-order valence-electron chi connectivity index (χ0n) is 11.0. The fourth-order valence-electron chi connectivity index (χ4n) is 1.85. The van der Waals surface area contributed by atoms with Gasteiger partial charge in [-0.05, 0) is 37.1 Å². The molecule has 0 saturated carbocycles. The molecule has 0 aromatic heterocycles. The van der Waals surface area contributed by atoms with Crippen molar-refractivity contribution in [2.24, 2.45) is 5.73 Å². The molecule has 3 heteroatoms. The predicted octanol–water partition coefficient (Wildman–Crippen LogP) is 3.60. The highest BCUT2D eigenvalue weighted by atomic mass is 35.5. The van der Waals surface area contributed by atoms with Gasteiger partial charge in [-0.25, -0.2) is 0 Å². The van der Waals surface area contributed by atoms with E-state index < -0.39 is 0 Å². The molecule has 2 N–H and O–H groups in total. The minimum atomic E-state index is -0.0262. The molecule has 0 spiro atoms. The summed E-state index contributed by atoms with van der Waals surface area (Å²) in [6.45, 7) is 2.56. The molecule has 2 aromatic carbocycles. The highest BCUT2D eigenvalue weighted by Crippen LogP contribution is 2.17. The molecule has 0 aliphatic carbocycles. The number of aryl methyl sites for hydroxylation is 1. The number of halogens is 1. The van der Waals surface area contributed by atoms with Crippen molar-refractivity contribution in [1.82, 2.24) is 0 Å². The first-order valence-electron chi connectivity index (χ1n) is 6.33. The van der Waals surface area contributed by atoms with Crippen molar-refractivity contribution in [2.45, 2.75) is 19.4 Å². The van der Waals surface area contributed by atoms with Gasteiger partial charge in [-0.1, -0.05) is 47.5 Å². The Morgan fingerprint density at radius 2 is 1.89 bits per heavy atom. The van der Waals surface area contributed by atoms with Crippen molar-refractivity contribution in [2.75, 3.05) is 6.61 Å². The monoisotopic (exact) mass is 275 g/mol. The van der Waals surface area contributed by atoms with Crippen LogP contribution in [0.3, 0.4) is 0 Å². The van der Waals surface area contributed by atoms with Gasteiger partial charge in [-0.15, -0.1) is 0 Å². The Balaban J connectivity index is 1.84. The van der Waals surface area contributed by atoms with Crippen LogP contribution in [0.1, 0.15) is 11.1 Å². The minimum absolute atomic E-state index is 0.0262. The molecule has 0 saturated heterocycles. The Bertz CT molecular complexity index is 525. The maximum atomic E-state index is 6.07. The molecule has 100 valence electrons. The largest absolute Gasteiger partial charge is 0.492 e. The lowest BCUT2D eigenvalue weighted by atomic mass is 10.1. The van der Waals surface area contributed by atoms with E-state index in [0.29, 0.717) is 11.6 Å². The first-order valence-corrected chi connectivity index (χ1v) is 6.71. The first kappa shape index (κ1) is 13.9. The highest BCUT2D eigenvalue weighted by molar-refractivity contribution is 6.30. The predicted molar refractivity (Wildman–Crippen MR) is 79.8 cm³/mol. The van der Waals surface area contributed by atoms with E-state index in [1.54, 1.807) is 6.07 Å². The Hall–Kier alpha value is -1.51. The van der Waals surface area contributed by atoms with Crippen LogP contribution in [0.5, 0.6) is 5.75 Å². The molecule has 2 aromatic rings. The summed E-state index contributed by atoms with van der Waals surface area (Å²) >= 11 is 5.89. The Kier molecular flexibility index (Phi) is 4.83. The average molecular weight is 276 g/mol. The molecule has 0 amide bonds. The Morgan fingerprint density at radius 3 is 2.58 bits per heavy atom. The molecular weight excluding hydrogens is 258 g/mol. The van der Waals surface area contributed by atoms with Crippen LogP contribution in [0.15, 0.2) is 48.5 Å². The zero-order valence-corrected chi connectivity index (χ0v) is 11.7. The first-order chi connectivity index (χ1) is 9.13. The smallest absolute Gasteiger partial charge is 0.120 e. The normalized spacial score (nSPS) is 12.2. The van der Waals surface area contributed by atoms with E-state index in [1.807, 2.05) is 18.2 Å². The van der Waals surface area contributed by atoms with Gasteiger partial charge in [0, 0.05) is 11.1 Å². The molecule has 1 unspecified atom stereocenters. The third-order valence-corrected chi connectivity index (χ3v) is 3.11. The topological polar surface area (TPSA) is 35.2 Å². The van der Waals surface area contributed by atoms with E-state index in [0.717, 1.165) is 12.2 Å². The van der Waals surface area contributed by atoms with Gasteiger partial charge in [0.05, 0.1) is 0 Å². The summed E-state index contributed by atoms with van der Waals surface area (Å²) in [5.74, 6) is 0.756. The summed E-state index contributed by atoms with van der Waals surface area (Å²) < 4.78 is 5.64. The zero-order chi connectivity index (χ0) is 13.7. The summed E-state index contributed by atoms with van der Waals surface area (Å²) in [6, 6.07) is 15.7. The number of rotatable bonds is 5. The van der Waals surface area contributed by atoms with E-state index in [4.69, 9.17) is 22.1 Å². The van der Waals surface area contributed by atoms with E-state index in [9.17, 15) is 0 Å². The van der Waals surface area contributed by atoms with Crippen molar-refractivity contribution < 1.29 is 4.74 Å². The lowest BCUT2D eigenvalue weighted by Crippen LogP contribution is -2.30. The molecule has 2 rings (SSSR count). The van der Waals surface area contributed by atoms with Crippen molar-refractivity contribution in [3.8, 4) is 5.75 Å². The highest BCUT2D eigenvalue weighted by Gasteiger charge is 2.05.